The molecular formula is C22H42N4O6. The highest BCUT2D eigenvalue weighted by Gasteiger charge is 2.36. The van der Waals surface area contributed by atoms with Gasteiger partial charge in [0.2, 0.25) is 0 Å². The van der Waals surface area contributed by atoms with Crippen LogP contribution in [0.2, 0.25) is 0 Å². The number of amides is 2. The number of aldehydes is 2. The van der Waals surface area contributed by atoms with E-state index in [0.29, 0.717) is 12.7 Å². The molecule has 0 aromatic heterocycles. The van der Waals surface area contributed by atoms with Gasteiger partial charge in [-0.2, -0.15) is 0 Å². The van der Waals surface area contributed by atoms with Gasteiger partial charge in [0.15, 0.2) is 5.79 Å². The maximum absolute atomic E-state index is 11.4. The predicted molar refractivity (Wildman–Crippen MR) is 123 cm³/mol. The van der Waals surface area contributed by atoms with E-state index in [4.69, 9.17) is 0 Å². The lowest BCUT2D eigenvalue weighted by Gasteiger charge is -2.37. The van der Waals surface area contributed by atoms with Crippen LogP contribution in [0.4, 0.5) is 9.59 Å². The van der Waals surface area contributed by atoms with Gasteiger partial charge < -0.3 is 25.1 Å². The number of carbonyl (C=O) groups is 4. The molecule has 0 aromatic carbocycles. The highest BCUT2D eigenvalue weighted by Crippen LogP contribution is 2.15. The Bertz CT molecular complexity index is 555. The number of hydrogen-bond acceptors (Lipinski definition) is 6. The van der Waals surface area contributed by atoms with Gasteiger partial charge in [-0.3, -0.25) is 16.0 Å². The first-order valence-electron chi connectivity index (χ1n) is 11.5. The van der Waals surface area contributed by atoms with Gasteiger partial charge in [-0.25, -0.2) is 9.59 Å². The second kappa shape index (κ2) is 16.4. The maximum atomic E-state index is 11.4. The van der Waals surface area contributed by atoms with Crippen LogP contribution in [-0.2, 0) is 9.59 Å². The molecule has 32 heavy (non-hydrogen) atoms. The molecule has 2 amide bonds. The van der Waals surface area contributed by atoms with Crippen LogP contribution >= 0.6 is 0 Å². The zero-order valence-corrected chi connectivity index (χ0v) is 19.9. The van der Waals surface area contributed by atoms with Gasteiger partial charge in [0.05, 0.1) is 12.1 Å². The van der Waals surface area contributed by atoms with Crippen LogP contribution in [0.15, 0.2) is 0 Å². The van der Waals surface area contributed by atoms with Crippen molar-refractivity contribution in [2.24, 2.45) is 11.8 Å². The number of nitrogens with one attached hydrogen (secondary N) is 4. The third-order valence-corrected chi connectivity index (χ3v) is 5.39. The molecule has 2 atom stereocenters. The van der Waals surface area contributed by atoms with Crippen LogP contribution in [0, 0.1) is 11.8 Å². The molecule has 0 rings (SSSR count). The maximum Gasteiger partial charge on any atom is 0.407 e. The van der Waals surface area contributed by atoms with Crippen molar-refractivity contribution in [2.75, 3.05) is 6.54 Å². The number of unbranched alkanes of at least 4 members (excludes halogenated alkanes) is 6. The average Bonchev–Trinajstić information content (AvgIpc) is 2.68. The first-order valence-corrected chi connectivity index (χ1v) is 11.5. The second-order valence-corrected chi connectivity index (χ2v) is 8.90. The summed E-state index contributed by atoms with van der Waals surface area (Å²) < 4.78 is 0. The minimum atomic E-state index is -1.63. The third-order valence-electron chi connectivity index (χ3n) is 5.39. The Morgan fingerprint density at radius 2 is 1.19 bits per heavy atom. The lowest BCUT2D eigenvalue weighted by molar-refractivity contribution is -0.111. The van der Waals surface area contributed by atoms with Crippen LogP contribution in [0.3, 0.4) is 0 Å². The summed E-state index contributed by atoms with van der Waals surface area (Å²) in [5.41, 5.74) is 0. The Hall–Kier alpha value is -2.20. The summed E-state index contributed by atoms with van der Waals surface area (Å²) in [6, 6.07) is -0.811. The summed E-state index contributed by atoms with van der Waals surface area (Å²) in [7, 11) is 0. The fourth-order valence-corrected chi connectivity index (χ4v) is 3.42. The molecule has 10 heteroatoms. The number of hydrogen-bond donors (Lipinski definition) is 6. The molecule has 0 fully saturated rings. The van der Waals surface area contributed by atoms with Gasteiger partial charge >= 0.3 is 12.2 Å². The summed E-state index contributed by atoms with van der Waals surface area (Å²) in [6.45, 7) is 8.41. The molecule has 0 spiro atoms. The Morgan fingerprint density at radius 1 is 0.750 bits per heavy atom. The first kappa shape index (κ1) is 29.8. The van der Waals surface area contributed by atoms with Gasteiger partial charge in [0.1, 0.15) is 12.6 Å². The topological polar surface area (TPSA) is 157 Å². The zero-order chi connectivity index (χ0) is 24.6. The normalized spacial score (nSPS) is 13.6. The molecule has 0 aliphatic heterocycles. The summed E-state index contributed by atoms with van der Waals surface area (Å²) in [5, 5.41) is 28.9. The van der Waals surface area contributed by atoms with Crippen LogP contribution in [-0.4, -0.2) is 59.4 Å². The summed E-state index contributed by atoms with van der Waals surface area (Å²) in [6.07, 6.45) is 5.45. The van der Waals surface area contributed by atoms with Crippen molar-refractivity contribution < 1.29 is 29.4 Å². The molecule has 0 saturated heterocycles. The van der Waals surface area contributed by atoms with Crippen molar-refractivity contribution in [1.82, 2.24) is 21.3 Å². The Kier molecular flexibility index (Phi) is 15.3. The number of carboxylic acid groups (broad SMARTS) is 2. The van der Waals surface area contributed by atoms with Crippen LogP contribution < -0.4 is 21.3 Å². The van der Waals surface area contributed by atoms with Gasteiger partial charge in [0, 0.05) is 6.42 Å². The standard InChI is InChI=1S/C22H42N4O6/c1-16(2)18(14-27)23-13-11-9-7-5-6-8-10-12-22(25-20(29)30,26-21(31)32)24-19(15-28)17(3)4/h14-19,23-26H,5-13H2,1-4H3,(H,29,30)(H,31,32). The van der Waals surface area contributed by atoms with E-state index in [9.17, 15) is 29.4 Å². The Labute approximate surface area is 191 Å². The monoisotopic (exact) mass is 458 g/mol. The summed E-state index contributed by atoms with van der Waals surface area (Å²) in [4.78, 5) is 44.9. The lowest BCUT2D eigenvalue weighted by atomic mass is 10.0. The molecule has 2 unspecified atom stereocenters. The largest absolute Gasteiger partial charge is 0.465 e. The van der Waals surface area contributed by atoms with Crippen molar-refractivity contribution in [1.29, 1.82) is 0 Å². The molecule has 0 aromatic rings. The Morgan fingerprint density at radius 3 is 1.59 bits per heavy atom. The van der Waals surface area contributed by atoms with Crippen molar-refractivity contribution in [3.05, 3.63) is 0 Å². The SMILES string of the molecule is CC(C)C(C=O)NCCCCCCCCCC(NC(=O)O)(NC(=O)O)NC(C=O)C(C)C. The number of rotatable bonds is 19. The molecule has 0 heterocycles. The highest BCUT2D eigenvalue weighted by atomic mass is 16.4. The minimum absolute atomic E-state index is 0.0998. The van der Waals surface area contributed by atoms with E-state index in [-0.39, 0.29) is 24.3 Å². The van der Waals surface area contributed by atoms with Crippen molar-refractivity contribution in [2.45, 2.75) is 96.9 Å². The highest BCUT2D eigenvalue weighted by molar-refractivity contribution is 5.70. The van der Waals surface area contributed by atoms with Crippen molar-refractivity contribution in [3.8, 4) is 0 Å². The average molecular weight is 459 g/mol. The van der Waals surface area contributed by atoms with Crippen LogP contribution in [0.25, 0.3) is 0 Å². The molecule has 6 N–H and O–H groups in total. The molecule has 10 nitrogen and oxygen atoms in total. The molecule has 0 bridgehead atoms. The molecule has 0 saturated carbocycles. The second-order valence-electron chi connectivity index (χ2n) is 8.90. The summed E-state index contributed by atoms with van der Waals surface area (Å²) >= 11 is 0. The zero-order valence-electron chi connectivity index (χ0n) is 19.9. The van der Waals surface area contributed by atoms with E-state index in [0.717, 1.165) is 51.4 Å². The van der Waals surface area contributed by atoms with Crippen molar-refractivity contribution >= 4 is 24.8 Å². The predicted octanol–water partition coefficient (Wildman–Crippen LogP) is 2.92. The van der Waals surface area contributed by atoms with E-state index >= 15 is 0 Å². The Balaban J connectivity index is 4.46. The van der Waals surface area contributed by atoms with Crippen LogP contribution in [0.5, 0.6) is 0 Å². The molecule has 0 aliphatic carbocycles. The molecular weight excluding hydrogens is 416 g/mol. The molecule has 186 valence electrons. The van der Waals surface area contributed by atoms with Crippen LogP contribution in [0.1, 0.15) is 79.1 Å². The summed E-state index contributed by atoms with van der Waals surface area (Å²) in [5.74, 6) is -1.50. The van der Waals surface area contributed by atoms with E-state index < -0.39 is 24.0 Å². The van der Waals surface area contributed by atoms with E-state index in [1.165, 1.54) is 0 Å². The quantitative estimate of drug-likeness (QED) is 0.0980. The van der Waals surface area contributed by atoms with E-state index in [1.807, 2.05) is 13.8 Å². The van der Waals surface area contributed by atoms with Crippen molar-refractivity contribution in [3.63, 3.8) is 0 Å². The van der Waals surface area contributed by atoms with Gasteiger partial charge in [-0.05, 0) is 31.2 Å². The lowest BCUT2D eigenvalue weighted by Crippen LogP contribution is -2.71. The number of carbonyl (C=O) groups excluding carboxylic acids is 2. The third kappa shape index (κ3) is 13.3. The van der Waals surface area contributed by atoms with E-state index in [2.05, 4.69) is 21.3 Å². The molecule has 0 radical (unpaired) electrons. The van der Waals surface area contributed by atoms with Gasteiger partial charge in [-0.15, -0.1) is 0 Å². The molecule has 0 aliphatic rings. The van der Waals surface area contributed by atoms with Gasteiger partial charge in [0.25, 0.3) is 0 Å². The smallest absolute Gasteiger partial charge is 0.407 e. The minimum Gasteiger partial charge on any atom is -0.465 e. The fraction of sp³-hybridized carbons (Fsp3) is 0.818. The van der Waals surface area contributed by atoms with E-state index in [1.54, 1.807) is 13.8 Å². The van der Waals surface area contributed by atoms with Gasteiger partial charge in [-0.1, -0.05) is 59.8 Å². The fourth-order valence-electron chi connectivity index (χ4n) is 3.42. The first-order chi connectivity index (χ1) is 15.1.